The van der Waals surface area contributed by atoms with E-state index in [-0.39, 0.29) is 16.3 Å². The lowest BCUT2D eigenvalue weighted by Crippen LogP contribution is -2.21. The highest BCUT2D eigenvalue weighted by Crippen LogP contribution is 2.21. The molecule has 0 aliphatic rings. The van der Waals surface area contributed by atoms with Crippen LogP contribution in [0.2, 0.25) is 10.0 Å². The third kappa shape index (κ3) is 4.68. The summed E-state index contributed by atoms with van der Waals surface area (Å²) in [4.78, 5) is 23.6. The maximum atomic E-state index is 13.6. The first-order chi connectivity index (χ1) is 10.9. The number of hydrogen-bond acceptors (Lipinski definition) is 3. The number of aryl methyl sites for hydroxylation is 1. The molecule has 0 aliphatic carbocycles. The number of carbonyl (C=O) groups is 2. The molecule has 0 heterocycles. The van der Waals surface area contributed by atoms with Crippen molar-refractivity contribution in [3.05, 3.63) is 63.4 Å². The van der Waals surface area contributed by atoms with Gasteiger partial charge in [0.1, 0.15) is 5.82 Å². The quantitative estimate of drug-likeness (QED) is 0.834. The topological polar surface area (TPSA) is 55.4 Å². The van der Waals surface area contributed by atoms with Crippen molar-refractivity contribution in [3.63, 3.8) is 0 Å². The Bertz CT molecular complexity index is 765. The van der Waals surface area contributed by atoms with Crippen LogP contribution in [0, 0.1) is 12.7 Å². The van der Waals surface area contributed by atoms with Crippen LogP contribution in [0.25, 0.3) is 0 Å². The fourth-order valence-corrected chi connectivity index (χ4v) is 2.26. The Hall–Kier alpha value is -2.11. The van der Waals surface area contributed by atoms with Crippen LogP contribution in [0.1, 0.15) is 15.9 Å². The largest absolute Gasteiger partial charge is 0.452 e. The van der Waals surface area contributed by atoms with Gasteiger partial charge in [-0.2, -0.15) is 0 Å². The average molecular weight is 356 g/mol. The van der Waals surface area contributed by atoms with Gasteiger partial charge in [0, 0.05) is 5.02 Å². The molecule has 4 nitrogen and oxygen atoms in total. The van der Waals surface area contributed by atoms with Crippen molar-refractivity contribution >= 4 is 40.8 Å². The highest BCUT2D eigenvalue weighted by molar-refractivity contribution is 6.36. The third-order valence-electron chi connectivity index (χ3n) is 2.88. The molecule has 0 saturated carbocycles. The fraction of sp³-hybridized carbons (Fsp3) is 0.125. The standard InChI is InChI=1S/C16H12Cl2FNO3/c1-9-2-5-14(13(19)6-9)20-15(21)8-23-16(22)11-4-3-10(17)7-12(11)18/h2-7H,8H2,1H3,(H,20,21). The van der Waals surface area contributed by atoms with Crippen molar-refractivity contribution in [1.29, 1.82) is 0 Å². The van der Waals surface area contributed by atoms with Gasteiger partial charge in [0.05, 0.1) is 16.3 Å². The van der Waals surface area contributed by atoms with E-state index in [1.54, 1.807) is 13.0 Å². The van der Waals surface area contributed by atoms with Crippen molar-refractivity contribution < 1.29 is 18.7 Å². The predicted octanol–water partition coefficient (Wildman–Crippen LogP) is 4.24. The molecular formula is C16H12Cl2FNO3. The second-order valence-electron chi connectivity index (χ2n) is 4.73. The summed E-state index contributed by atoms with van der Waals surface area (Å²) in [6.45, 7) is 1.16. The van der Waals surface area contributed by atoms with Crippen LogP contribution >= 0.6 is 23.2 Å². The minimum atomic E-state index is -0.772. The number of carbonyl (C=O) groups excluding carboxylic acids is 2. The zero-order valence-corrected chi connectivity index (χ0v) is 13.5. The first-order valence-electron chi connectivity index (χ1n) is 6.55. The molecule has 7 heteroatoms. The van der Waals surface area contributed by atoms with E-state index in [1.165, 1.54) is 30.3 Å². The van der Waals surface area contributed by atoms with Gasteiger partial charge in [-0.25, -0.2) is 9.18 Å². The minimum Gasteiger partial charge on any atom is -0.452 e. The van der Waals surface area contributed by atoms with Gasteiger partial charge >= 0.3 is 5.97 Å². The summed E-state index contributed by atoms with van der Waals surface area (Å²) >= 11 is 11.6. The van der Waals surface area contributed by atoms with E-state index in [0.29, 0.717) is 5.02 Å². The molecule has 2 aromatic carbocycles. The van der Waals surface area contributed by atoms with Crippen molar-refractivity contribution in [2.75, 3.05) is 11.9 Å². The van der Waals surface area contributed by atoms with E-state index in [4.69, 9.17) is 27.9 Å². The Balaban J connectivity index is 1.94. The molecule has 1 N–H and O–H groups in total. The van der Waals surface area contributed by atoms with E-state index in [2.05, 4.69) is 5.32 Å². The van der Waals surface area contributed by atoms with E-state index >= 15 is 0 Å². The van der Waals surface area contributed by atoms with Gasteiger partial charge in [0.25, 0.3) is 5.91 Å². The highest BCUT2D eigenvalue weighted by atomic mass is 35.5. The number of ether oxygens (including phenoxy) is 1. The summed E-state index contributed by atoms with van der Waals surface area (Å²) in [6, 6.07) is 8.63. The second kappa shape index (κ2) is 7.44. The minimum absolute atomic E-state index is 0.0150. The summed E-state index contributed by atoms with van der Waals surface area (Å²) in [6.07, 6.45) is 0. The summed E-state index contributed by atoms with van der Waals surface area (Å²) in [7, 11) is 0. The number of hydrogen-bond donors (Lipinski definition) is 1. The zero-order valence-electron chi connectivity index (χ0n) is 12.0. The first-order valence-corrected chi connectivity index (χ1v) is 7.30. The number of halogens is 3. The average Bonchev–Trinajstić information content (AvgIpc) is 2.48. The lowest BCUT2D eigenvalue weighted by atomic mass is 10.2. The monoisotopic (exact) mass is 355 g/mol. The Labute approximate surface area is 142 Å². The number of rotatable bonds is 4. The van der Waals surface area contributed by atoms with Crippen molar-refractivity contribution in [2.45, 2.75) is 6.92 Å². The van der Waals surface area contributed by atoms with Crippen LogP contribution in [0.15, 0.2) is 36.4 Å². The van der Waals surface area contributed by atoms with Crippen molar-refractivity contribution in [3.8, 4) is 0 Å². The molecule has 0 atom stereocenters. The molecule has 0 aliphatic heterocycles. The molecule has 0 fully saturated rings. The smallest absolute Gasteiger partial charge is 0.340 e. The number of anilines is 1. The van der Waals surface area contributed by atoms with Crippen LogP contribution in [-0.2, 0) is 9.53 Å². The molecule has 1 amide bonds. The van der Waals surface area contributed by atoms with E-state index < -0.39 is 24.3 Å². The van der Waals surface area contributed by atoms with Gasteiger partial charge < -0.3 is 10.1 Å². The number of esters is 1. The molecule has 0 aromatic heterocycles. The summed E-state index contributed by atoms with van der Waals surface area (Å²) in [5.74, 6) is -2.00. The van der Waals surface area contributed by atoms with E-state index in [9.17, 15) is 14.0 Å². The van der Waals surface area contributed by atoms with Crippen LogP contribution in [0.3, 0.4) is 0 Å². The molecule has 0 unspecified atom stereocenters. The van der Waals surface area contributed by atoms with Crippen LogP contribution < -0.4 is 5.32 Å². The van der Waals surface area contributed by atoms with Gasteiger partial charge in [-0.15, -0.1) is 0 Å². The van der Waals surface area contributed by atoms with Gasteiger partial charge in [-0.3, -0.25) is 4.79 Å². The molecule has 120 valence electrons. The Kier molecular flexibility index (Phi) is 5.58. The maximum absolute atomic E-state index is 13.6. The molecule has 2 rings (SSSR count). The lowest BCUT2D eigenvalue weighted by molar-refractivity contribution is -0.119. The Morgan fingerprint density at radius 1 is 1.17 bits per heavy atom. The summed E-state index contributed by atoms with van der Waals surface area (Å²) in [5, 5.41) is 2.81. The van der Waals surface area contributed by atoms with Crippen molar-refractivity contribution in [2.24, 2.45) is 0 Å². The number of nitrogens with one attached hydrogen (secondary N) is 1. The Morgan fingerprint density at radius 3 is 2.57 bits per heavy atom. The fourth-order valence-electron chi connectivity index (χ4n) is 1.77. The van der Waals surface area contributed by atoms with Crippen LogP contribution in [0.4, 0.5) is 10.1 Å². The van der Waals surface area contributed by atoms with E-state index in [0.717, 1.165) is 5.56 Å². The molecule has 23 heavy (non-hydrogen) atoms. The Morgan fingerprint density at radius 2 is 1.91 bits per heavy atom. The first kappa shape index (κ1) is 17.2. The number of benzene rings is 2. The molecule has 0 radical (unpaired) electrons. The van der Waals surface area contributed by atoms with Gasteiger partial charge in [0.2, 0.25) is 0 Å². The second-order valence-corrected chi connectivity index (χ2v) is 5.58. The normalized spacial score (nSPS) is 10.3. The van der Waals surface area contributed by atoms with Crippen LogP contribution in [0.5, 0.6) is 0 Å². The molecule has 0 saturated heterocycles. The molecular weight excluding hydrogens is 344 g/mol. The predicted molar refractivity (Wildman–Crippen MR) is 86.5 cm³/mol. The zero-order chi connectivity index (χ0) is 17.0. The van der Waals surface area contributed by atoms with Gasteiger partial charge in [0.15, 0.2) is 6.61 Å². The van der Waals surface area contributed by atoms with Crippen LogP contribution in [-0.4, -0.2) is 18.5 Å². The van der Waals surface area contributed by atoms with Gasteiger partial charge in [-0.1, -0.05) is 29.3 Å². The lowest BCUT2D eigenvalue weighted by Gasteiger charge is -2.08. The molecule has 0 spiro atoms. The number of amides is 1. The maximum Gasteiger partial charge on any atom is 0.340 e. The molecule has 0 bridgehead atoms. The summed E-state index contributed by atoms with van der Waals surface area (Å²) < 4.78 is 18.5. The van der Waals surface area contributed by atoms with E-state index in [1.807, 2.05) is 0 Å². The molecule has 2 aromatic rings. The highest BCUT2D eigenvalue weighted by Gasteiger charge is 2.15. The SMILES string of the molecule is Cc1ccc(NC(=O)COC(=O)c2ccc(Cl)cc2Cl)c(F)c1. The summed E-state index contributed by atoms with van der Waals surface area (Å²) in [5.41, 5.74) is 0.830. The van der Waals surface area contributed by atoms with Crippen molar-refractivity contribution in [1.82, 2.24) is 0 Å². The van der Waals surface area contributed by atoms with Gasteiger partial charge in [-0.05, 0) is 42.8 Å². The third-order valence-corrected chi connectivity index (χ3v) is 3.43.